The van der Waals surface area contributed by atoms with Gasteiger partial charge in [-0.3, -0.25) is 9.59 Å². The van der Waals surface area contributed by atoms with Gasteiger partial charge in [-0.15, -0.1) is 0 Å². The van der Waals surface area contributed by atoms with Crippen LogP contribution in [-0.2, 0) is 14.3 Å². The van der Waals surface area contributed by atoms with Gasteiger partial charge in [0, 0.05) is 12.6 Å². The van der Waals surface area contributed by atoms with Crippen LogP contribution in [0, 0.1) is 0 Å². The Balaban J connectivity index is 3.60. The number of hydrogen-bond donors (Lipinski definition) is 3. The van der Waals surface area contributed by atoms with Gasteiger partial charge in [-0.05, 0) is 20.8 Å². The van der Waals surface area contributed by atoms with Crippen LogP contribution in [0.5, 0.6) is 0 Å². The molecule has 0 saturated heterocycles. The summed E-state index contributed by atoms with van der Waals surface area (Å²) in [7, 11) is 0. The molecule has 17 heavy (non-hydrogen) atoms. The summed E-state index contributed by atoms with van der Waals surface area (Å²) >= 11 is 0. The van der Waals surface area contributed by atoms with Gasteiger partial charge in [0.05, 0.1) is 25.7 Å². The summed E-state index contributed by atoms with van der Waals surface area (Å²) in [5.74, 6) is -0.572. The Hall–Kier alpha value is -1.14. The molecule has 0 fully saturated rings. The van der Waals surface area contributed by atoms with E-state index in [1.807, 2.05) is 13.8 Å². The van der Waals surface area contributed by atoms with Crippen molar-refractivity contribution in [1.29, 1.82) is 0 Å². The Kier molecular flexibility index (Phi) is 8.35. The lowest BCUT2D eigenvalue weighted by Crippen LogP contribution is -2.40. The molecule has 0 heterocycles. The highest BCUT2D eigenvalue weighted by Gasteiger charge is 2.11. The van der Waals surface area contributed by atoms with Crippen molar-refractivity contribution in [3.63, 3.8) is 0 Å². The lowest BCUT2D eigenvalue weighted by Gasteiger charge is -2.12. The first kappa shape index (κ1) is 15.9. The number of carbonyl (C=O) groups excluding carboxylic acids is 2. The Labute approximate surface area is 102 Å². The molecule has 1 unspecified atom stereocenters. The van der Waals surface area contributed by atoms with Crippen LogP contribution in [0.1, 0.15) is 27.2 Å². The van der Waals surface area contributed by atoms with E-state index in [0.717, 1.165) is 0 Å². The van der Waals surface area contributed by atoms with Crippen molar-refractivity contribution in [2.45, 2.75) is 39.3 Å². The normalized spacial score (nSPS) is 12.3. The monoisotopic (exact) mass is 246 g/mol. The van der Waals surface area contributed by atoms with Crippen LogP contribution in [0.4, 0.5) is 0 Å². The largest absolute Gasteiger partial charge is 0.466 e. The fraction of sp³-hybridized carbons (Fsp3) is 0.818. The Morgan fingerprint density at radius 2 is 2.00 bits per heavy atom. The fourth-order valence-corrected chi connectivity index (χ4v) is 1.21. The third-order valence-corrected chi connectivity index (χ3v) is 1.82. The van der Waals surface area contributed by atoms with Crippen molar-refractivity contribution in [2.75, 3.05) is 19.7 Å². The second kappa shape index (κ2) is 8.95. The van der Waals surface area contributed by atoms with E-state index in [0.29, 0.717) is 6.61 Å². The van der Waals surface area contributed by atoms with Gasteiger partial charge in [0.15, 0.2) is 0 Å². The molecule has 0 aliphatic heterocycles. The summed E-state index contributed by atoms with van der Waals surface area (Å²) in [6.45, 7) is 6.05. The molecule has 0 saturated carbocycles. The van der Waals surface area contributed by atoms with Crippen molar-refractivity contribution in [1.82, 2.24) is 10.6 Å². The summed E-state index contributed by atoms with van der Waals surface area (Å²) in [6, 6.07) is 0.0914. The molecule has 0 aromatic rings. The topological polar surface area (TPSA) is 87.7 Å². The molecule has 0 radical (unpaired) electrons. The zero-order chi connectivity index (χ0) is 13.3. The summed E-state index contributed by atoms with van der Waals surface area (Å²) < 4.78 is 4.69. The standard InChI is InChI=1S/C11H22N2O4/c1-4-17-11(16)5-9(14)6-12-7-10(15)13-8(2)3/h8-9,12,14H,4-7H2,1-3H3,(H,13,15). The van der Waals surface area contributed by atoms with E-state index in [4.69, 9.17) is 0 Å². The van der Waals surface area contributed by atoms with Gasteiger partial charge in [-0.1, -0.05) is 0 Å². The van der Waals surface area contributed by atoms with Gasteiger partial charge in [0.1, 0.15) is 0 Å². The van der Waals surface area contributed by atoms with Gasteiger partial charge >= 0.3 is 5.97 Å². The highest BCUT2D eigenvalue weighted by molar-refractivity contribution is 5.78. The highest BCUT2D eigenvalue weighted by Crippen LogP contribution is 1.93. The van der Waals surface area contributed by atoms with Crippen molar-refractivity contribution in [2.24, 2.45) is 0 Å². The molecular weight excluding hydrogens is 224 g/mol. The maximum absolute atomic E-state index is 11.2. The van der Waals surface area contributed by atoms with Crippen LogP contribution < -0.4 is 10.6 Å². The van der Waals surface area contributed by atoms with Crippen molar-refractivity contribution in [3.8, 4) is 0 Å². The zero-order valence-electron chi connectivity index (χ0n) is 10.7. The summed E-state index contributed by atoms with van der Waals surface area (Å²) in [6.07, 6.45) is -0.895. The lowest BCUT2D eigenvalue weighted by atomic mass is 10.2. The lowest BCUT2D eigenvalue weighted by molar-refractivity contribution is -0.145. The second-order valence-electron chi connectivity index (χ2n) is 4.02. The minimum absolute atomic E-state index is 0.0629. The first-order valence-corrected chi connectivity index (χ1v) is 5.79. The van der Waals surface area contributed by atoms with E-state index in [-0.39, 0.29) is 31.5 Å². The molecule has 100 valence electrons. The van der Waals surface area contributed by atoms with E-state index in [1.165, 1.54) is 0 Å². The fourth-order valence-electron chi connectivity index (χ4n) is 1.21. The maximum atomic E-state index is 11.2. The number of hydrogen-bond acceptors (Lipinski definition) is 5. The first-order valence-electron chi connectivity index (χ1n) is 5.79. The van der Waals surface area contributed by atoms with Crippen molar-refractivity contribution in [3.05, 3.63) is 0 Å². The summed E-state index contributed by atoms with van der Waals surface area (Å²) in [5, 5.41) is 14.9. The van der Waals surface area contributed by atoms with Crippen LogP contribution in [0.2, 0.25) is 0 Å². The number of amides is 1. The highest BCUT2D eigenvalue weighted by atomic mass is 16.5. The smallest absolute Gasteiger partial charge is 0.308 e. The molecule has 0 aliphatic carbocycles. The minimum atomic E-state index is -0.833. The molecular formula is C11H22N2O4. The number of ether oxygens (including phenoxy) is 1. The van der Waals surface area contributed by atoms with E-state index in [9.17, 15) is 14.7 Å². The van der Waals surface area contributed by atoms with Gasteiger partial charge in [-0.2, -0.15) is 0 Å². The van der Waals surface area contributed by atoms with Crippen LogP contribution in [-0.4, -0.2) is 48.8 Å². The van der Waals surface area contributed by atoms with Crippen molar-refractivity contribution < 1.29 is 19.4 Å². The number of nitrogens with one attached hydrogen (secondary N) is 2. The Morgan fingerprint density at radius 1 is 1.35 bits per heavy atom. The Bertz CT molecular complexity index is 244. The first-order chi connectivity index (χ1) is 7.95. The number of rotatable bonds is 8. The minimum Gasteiger partial charge on any atom is -0.466 e. The van der Waals surface area contributed by atoms with E-state index < -0.39 is 12.1 Å². The number of aliphatic hydroxyl groups is 1. The molecule has 0 bridgehead atoms. The van der Waals surface area contributed by atoms with E-state index in [1.54, 1.807) is 6.92 Å². The zero-order valence-corrected chi connectivity index (χ0v) is 10.7. The molecule has 3 N–H and O–H groups in total. The maximum Gasteiger partial charge on any atom is 0.308 e. The molecule has 0 aromatic heterocycles. The van der Waals surface area contributed by atoms with Gasteiger partial charge in [0.25, 0.3) is 0 Å². The number of aliphatic hydroxyl groups excluding tert-OH is 1. The molecule has 0 aromatic carbocycles. The molecule has 1 amide bonds. The van der Waals surface area contributed by atoms with Crippen LogP contribution in [0.25, 0.3) is 0 Å². The average Bonchev–Trinajstić information content (AvgIpc) is 2.16. The predicted octanol–water partition coefficient (Wildman–Crippen LogP) is -0.585. The molecule has 0 rings (SSSR count). The molecule has 6 nitrogen and oxygen atoms in total. The third kappa shape index (κ3) is 9.77. The summed E-state index contributed by atoms with van der Waals surface area (Å²) in [5.41, 5.74) is 0. The van der Waals surface area contributed by atoms with Gasteiger partial charge in [0.2, 0.25) is 5.91 Å². The Morgan fingerprint density at radius 3 is 2.53 bits per heavy atom. The van der Waals surface area contributed by atoms with E-state index in [2.05, 4.69) is 15.4 Å². The SMILES string of the molecule is CCOC(=O)CC(O)CNCC(=O)NC(C)C. The van der Waals surface area contributed by atoms with Crippen molar-refractivity contribution >= 4 is 11.9 Å². The predicted molar refractivity (Wildman–Crippen MR) is 63.4 cm³/mol. The number of esters is 1. The number of carbonyl (C=O) groups is 2. The molecule has 0 aliphatic rings. The van der Waals surface area contributed by atoms with Crippen LogP contribution in [0.15, 0.2) is 0 Å². The summed E-state index contributed by atoms with van der Waals surface area (Å²) in [4.78, 5) is 22.2. The molecule has 1 atom stereocenters. The third-order valence-electron chi connectivity index (χ3n) is 1.82. The molecule has 0 spiro atoms. The van der Waals surface area contributed by atoms with Crippen LogP contribution >= 0.6 is 0 Å². The van der Waals surface area contributed by atoms with Gasteiger partial charge in [-0.25, -0.2) is 0 Å². The quantitative estimate of drug-likeness (QED) is 0.498. The molecule has 6 heteroatoms. The average molecular weight is 246 g/mol. The van der Waals surface area contributed by atoms with Crippen LogP contribution in [0.3, 0.4) is 0 Å². The second-order valence-corrected chi connectivity index (χ2v) is 4.02. The van der Waals surface area contributed by atoms with Gasteiger partial charge < -0.3 is 20.5 Å². The van der Waals surface area contributed by atoms with E-state index >= 15 is 0 Å².